The maximum absolute atomic E-state index is 13.8. The monoisotopic (exact) mass is 343 g/mol. The summed E-state index contributed by atoms with van der Waals surface area (Å²) >= 11 is 13.3. The van der Waals surface area contributed by atoms with E-state index in [9.17, 15) is 4.39 Å². The summed E-state index contributed by atoms with van der Waals surface area (Å²) in [6.07, 6.45) is 0.610. The van der Waals surface area contributed by atoms with Gasteiger partial charge in [0.2, 0.25) is 0 Å². The molecule has 0 atom stereocenters. The zero-order chi connectivity index (χ0) is 15.0. The molecule has 3 nitrogen and oxygen atoms in total. The van der Waals surface area contributed by atoms with Gasteiger partial charge >= 0.3 is 0 Å². The van der Waals surface area contributed by atoms with Gasteiger partial charge in [0, 0.05) is 23.7 Å². The fraction of sp³-hybridized carbons (Fsp3) is 0.286. The molecule has 0 unspecified atom stereocenters. The molecule has 0 saturated carbocycles. The number of thiazole rings is 1. The number of hydrogen-bond acceptors (Lipinski definition) is 3. The number of aryl methyl sites for hydroxylation is 2. The Morgan fingerprint density at radius 3 is 2.81 bits per heavy atom. The number of rotatable bonds is 4. The Bertz CT molecular complexity index is 797. The molecule has 21 heavy (non-hydrogen) atoms. The van der Waals surface area contributed by atoms with E-state index in [-0.39, 0.29) is 5.02 Å². The predicted octanol–water partition coefficient (Wildman–Crippen LogP) is 4.42. The molecular weight excluding hydrogens is 332 g/mol. The van der Waals surface area contributed by atoms with Crippen molar-refractivity contribution in [1.82, 2.24) is 14.5 Å². The first-order valence-electron chi connectivity index (χ1n) is 6.39. The number of benzene rings is 1. The van der Waals surface area contributed by atoms with Crippen molar-refractivity contribution in [2.45, 2.75) is 19.9 Å². The second-order valence-electron chi connectivity index (χ2n) is 4.67. The molecule has 0 saturated heterocycles. The number of imidazole rings is 1. The summed E-state index contributed by atoms with van der Waals surface area (Å²) in [6, 6.07) is 2.97. The van der Waals surface area contributed by atoms with Crippen molar-refractivity contribution in [3.05, 3.63) is 44.9 Å². The summed E-state index contributed by atoms with van der Waals surface area (Å²) in [4.78, 5) is 8.96. The lowest BCUT2D eigenvalue weighted by Gasteiger charge is -2.06. The first-order chi connectivity index (χ1) is 10.1. The van der Waals surface area contributed by atoms with Gasteiger partial charge in [0.15, 0.2) is 0 Å². The molecule has 7 heteroatoms. The first-order valence-corrected chi connectivity index (χ1v) is 8.19. The SMILES string of the molecule is Cc1nc(Cn2c(CCCl)nc3cc(Cl)c(F)cc32)cs1. The number of alkyl halides is 1. The van der Waals surface area contributed by atoms with E-state index in [4.69, 9.17) is 23.2 Å². The number of nitrogens with zero attached hydrogens (tertiary/aromatic N) is 3. The summed E-state index contributed by atoms with van der Waals surface area (Å²) in [5, 5.41) is 3.08. The number of fused-ring (bicyclic) bond motifs is 1. The lowest BCUT2D eigenvalue weighted by molar-refractivity contribution is 0.628. The summed E-state index contributed by atoms with van der Waals surface area (Å²) in [7, 11) is 0. The minimum absolute atomic E-state index is 0.0778. The molecule has 0 N–H and O–H groups in total. The van der Waals surface area contributed by atoms with Gasteiger partial charge in [-0.15, -0.1) is 22.9 Å². The highest BCUT2D eigenvalue weighted by Gasteiger charge is 2.14. The Kier molecular flexibility index (Phi) is 4.15. The lowest BCUT2D eigenvalue weighted by atomic mass is 10.3. The van der Waals surface area contributed by atoms with E-state index < -0.39 is 5.82 Å². The smallest absolute Gasteiger partial charge is 0.144 e. The van der Waals surface area contributed by atoms with Crippen molar-refractivity contribution >= 4 is 45.6 Å². The van der Waals surface area contributed by atoms with Crippen molar-refractivity contribution < 1.29 is 4.39 Å². The zero-order valence-electron chi connectivity index (χ0n) is 11.2. The molecule has 3 rings (SSSR count). The van der Waals surface area contributed by atoms with Gasteiger partial charge in [0.1, 0.15) is 11.6 Å². The van der Waals surface area contributed by atoms with E-state index in [2.05, 4.69) is 9.97 Å². The zero-order valence-corrected chi connectivity index (χ0v) is 13.6. The van der Waals surface area contributed by atoms with Crippen LogP contribution in [0.5, 0.6) is 0 Å². The lowest BCUT2D eigenvalue weighted by Crippen LogP contribution is -2.06. The number of aromatic nitrogens is 3. The normalized spacial score (nSPS) is 11.4. The van der Waals surface area contributed by atoms with Gasteiger partial charge in [-0.25, -0.2) is 14.4 Å². The van der Waals surface area contributed by atoms with Crippen LogP contribution in [0.25, 0.3) is 11.0 Å². The molecular formula is C14H12Cl2FN3S. The Balaban J connectivity index is 2.12. The summed E-state index contributed by atoms with van der Waals surface area (Å²) in [5.41, 5.74) is 2.32. The number of hydrogen-bond donors (Lipinski definition) is 0. The van der Waals surface area contributed by atoms with E-state index in [0.29, 0.717) is 29.9 Å². The van der Waals surface area contributed by atoms with Crippen molar-refractivity contribution in [2.24, 2.45) is 0 Å². The highest BCUT2D eigenvalue weighted by Crippen LogP contribution is 2.25. The molecule has 0 fully saturated rings. The van der Waals surface area contributed by atoms with Gasteiger partial charge in [0.05, 0.1) is 33.3 Å². The van der Waals surface area contributed by atoms with Gasteiger partial charge in [-0.05, 0) is 13.0 Å². The largest absolute Gasteiger partial charge is 0.322 e. The van der Waals surface area contributed by atoms with Gasteiger partial charge in [-0.2, -0.15) is 0 Å². The fourth-order valence-corrected chi connectivity index (χ4v) is 3.20. The van der Waals surface area contributed by atoms with E-state index in [1.54, 1.807) is 17.4 Å². The van der Waals surface area contributed by atoms with Crippen LogP contribution in [0.15, 0.2) is 17.5 Å². The average molecular weight is 344 g/mol. The summed E-state index contributed by atoms with van der Waals surface area (Å²) < 4.78 is 15.7. The highest BCUT2D eigenvalue weighted by molar-refractivity contribution is 7.09. The van der Waals surface area contributed by atoms with Crippen LogP contribution >= 0.6 is 34.5 Å². The van der Waals surface area contributed by atoms with Crippen molar-refractivity contribution in [3.63, 3.8) is 0 Å². The molecule has 0 spiro atoms. The van der Waals surface area contributed by atoms with Crippen LogP contribution in [0, 0.1) is 12.7 Å². The first kappa shape index (κ1) is 14.8. The third-order valence-electron chi connectivity index (χ3n) is 3.17. The van der Waals surface area contributed by atoms with Crippen LogP contribution in [0.3, 0.4) is 0 Å². The van der Waals surface area contributed by atoms with Crippen molar-refractivity contribution in [3.8, 4) is 0 Å². The van der Waals surface area contributed by atoms with Crippen molar-refractivity contribution in [2.75, 3.05) is 5.88 Å². The van der Waals surface area contributed by atoms with Crippen LogP contribution in [-0.2, 0) is 13.0 Å². The van der Waals surface area contributed by atoms with E-state index >= 15 is 0 Å². The van der Waals surface area contributed by atoms with Gasteiger partial charge in [0.25, 0.3) is 0 Å². The third kappa shape index (κ3) is 2.91. The van der Waals surface area contributed by atoms with Crippen LogP contribution in [0.4, 0.5) is 4.39 Å². The molecule has 0 aliphatic rings. The molecule has 0 aliphatic carbocycles. The average Bonchev–Trinajstić information content (AvgIpc) is 2.97. The quantitative estimate of drug-likeness (QED) is 0.656. The number of halogens is 3. The standard InChI is InChI=1S/C14H12Cl2FN3S/c1-8-18-9(7-21-8)6-20-13-5-11(17)10(16)4-12(13)19-14(20)2-3-15/h4-5,7H,2-3,6H2,1H3. The molecule has 1 aromatic carbocycles. The molecule has 0 aliphatic heterocycles. The second kappa shape index (κ2) is 5.91. The molecule has 0 radical (unpaired) electrons. The molecule has 2 heterocycles. The van der Waals surface area contributed by atoms with E-state index in [1.165, 1.54) is 6.07 Å². The Morgan fingerprint density at radius 2 is 2.14 bits per heavy atom. The molecule has 2 aromatic heterocycles. The molecule has 110 valence electrons. The Labute approximate surface area is 135 Å². The fourth-order valence-electron chi connectivity index (χ4n) is 2.26. The predicted molar refractivity (Wildman–Crippen MR) is 85.1 cm³/mol. The highest BCUT2D eigenvalue weighted by atomic mass is 35.5. The minimum atomic E-state index is -0.447. The maximum atomic E-state index is 13.8. The minimum Gasteiger partial charge on any atom is -0.322 e. The van der Waals surface area contributed by atoms with Crippen LogP contribution in [-0.4, -0.2) is 20.4 Å². The van der Waals surface area contributed by atoms with Gasteiger partial charge < -0.3 is 4.57 Å². The van der Waals surface area contributed by atoms with Crippen molar-refractivity contribution in [1.29, 1.82) is 0 Å². The van der Waals surface area contributed by atoms with Crippen LogP contribution in [0.1, 0.15) is 16.5 Å². The van der Waals surface area contributed by atoms with Crippen LogP contribution in [0.2, 0.25) is 5.02 Å². The summed E-state index contributed by atoms with van der Waals surface area (Å²) in [5.74, 6) is 0.819. The Hall–Kier alpha value is -1.17. The molecule has 0 bridgehead atoms. The summed E-state index contributed by atoms with van der Waals surface area (Å²) in [6.45, 7) is 2.51. The van der Waals surface area contributed by atoms with Gasteiger partial charge in [-0.1, -0.05) is 11.6 Å². The second-order valence-corrected chi connectivity index (χ2v) is 6.51. The molecule has 0 amide bonds. The topological polar surface area (TPSA) is 30.7 Å². The van der Waals surface area contributed by atoms with E-state index in [1.807, 2.05) is 16.9 Å². The maximum Gasteiger partial charge on any atom is 0.144 e. The van der Waals surface area contributed by atoms with E-state index in [0.717, 1.165) is 16.5 Å². The van der Waals surface area contributed by atoms with Crippen LogP contribution < -0.4 is 0 Å². The molecule has 3 aromatic rings. The third-order valence-corrected chi connectivity index (χ3v) is 4.48. The van der Waals surface area contributed by atoms with Gasteiger partial charge in [-0.3, -0.25) is 0 Å². The Morgan fingerprint density at radius 1 is 1.33 bits per heavy atom.